The molecule has 21 atom stereocenters. The molecule has 0 saturated heterocycles. The van der Waals surface area contributed by atoms with Gasteiger partial charge in [0.1, 0.15) is 18.3 Å². The number of carbonyl (C=O) groups excluding carboxylic acids is 4. The van der Waals surface area contributed by atoms with E-state index in [2.05, 4.69) is 4.74 Å². The molecule has 0 radical (unpaired) electrons. The highest BCUT2D eigenvalue weighted by molar-refractivity contribution is 5.77. The predicted octanol–water partition coefficient (Wildman–Crippen LogP) is 22.5. The second-order valence-electron chi connectivity index (χ2n) is 39.6. The summed E-state index contributed by atoms with van der Waals surface area (Å²) in [5.41, 5.74) is -26.2. The van der Waals surface area contributed by atoms with Crippen molar-refractivity contribution < 1.29 is 187 Å². The molecule has 9 rings (SSSR count). The molecule has 9 saturated carbocycles. The number of methoxy groups -OCH3 is 1. The molecule has 9 aliphatic carbocycles. The Bertz CT molecular complexity index is 3400. The number of aliphatic hydroxyl groups is 6. The van der Waals surface area contributed by atoms with E-state index in [1.165, 1.54) is 21.0 Å². The summed E-state index contributed by atoms with van der Waals surface area (Å²) in [4.78, 5) is 47.6. The van der Waals surface area contributed by atoms with Gasteiger partial charge in [-0.3, -0.25) is 19.2 Å². The lowest BCUT2D eigenvalue weighted by Gasteiger charge is -2.46. The smallest absolute Gasteiger partial charge is 0.426 e. The summed E-state index contributed by atoms with van der Waals surface area (Å²) in [5, 5.41) is 57.9. The summed E-state index contributed by atoms with van der Waals surface area (Å²) in [5.74, 6) is -7.67. The first-order chi connectivity index (χ1) is 55.3. The molecule has 0 heterocycles. The third kappa shape index (κ3) is 24.9. The second-order valence-corrected chi connectivity index (χ2v) is 39.6. The minimum absolute atomic E-state index is 0.0690. The molecular weight excluding hydrogens is 1730 g/mol. The van der Waals surface area contributed by atoms with Crippen LogP contribution in [0.5, 0.6) is 0 Å². The number of fused-ring (bicyclic) bond motifs is 8. The maximum Gasteiger partial charge on any atom is 0.426 e. The van der Waals surface area contributed by atoms with E-state index >= 15 is 0 Å². The highest BCUT2D eigenvalue weighted by atomic mass is 19.5. The summed E-state index contributed by atoms with van der Waals surface area (Å²) < 4.78 is 369. The van der Waals surface area contributed by atoms with Crippen molar-refractivity contribution >= 4 is 23.9 Å². The quantitative estimate of drug-likeness (QED) is 0.0357. The van der Waals surface area contributed by atoms with Crippen molar-refractivity contribution in [2.45, 2.75) is 373 Å². The number of hydrogen-bond donors (Lipinski definition) is 6. The normalized spacial score (nSPS) is 30.5. The molecule has 0 aromatic heterocycles. The number of halogens is 27. The van der Waals surface area contributed by atoms with Crippen LogP contribution >= 0.6 is 0 Å². The molecule has 21 unspecified atom stereocenters. The average molecular weight is 1860 g/mol. The molecule has 124 heavy (non-hydrogen) atoms. The van der Waals surface area contributed by atoms with Crippen molar-refractivity contribution in [3.05, 3.63) is 0 Å². The Labute approximate surface area is 705 Å². The maximum absolute atomic E-state index is 13.3. The zero-order chi connectivity index (χ0) is 96.9. The first kappa shape index (κ1) is 112. The molecule has 0 spiro atoms. The highest BCUT2D eigenvalue weighted by Gasteiger charge is 2.75. The molecule has 0 amide bonds. The fourth-order valence-corrected chi connectivity index (χ4v) is 19.0. The molecular formula is C83H125F27O14. The van der Waals surface area contributed by atoms with Gasteiger partial charge in [0.2, 0.25) is 0 Å². The number of ether oxygens (including phenoxy) is 4. The van der Waals surface area contributed by atoms with Crippen LogP contribution in [0.3, 0.4) is 0 Å². The van der Waals surface area contributed by atoms with Crippen molar-refractivity contribution in [1.29, 1.82) is 0 Å². The van der Waals surface area contributed by atoms with Crippen LogP contribution < -0.4 is 0 Å². The Kier molecular flexibility index (Phi) is 35.2. The predicted molar refractivity (Wildman–Crippen MR) is 394 cm³/mol. The molecule has 8 bridgehead atoms. The third-order valence-electron chi connectivity index (χ3n) is 29.8. The molecule has 9 aliphatic rings. The summed E-state index contributed by atoms with van der Waals surface area (Å²) in [7, 11) is 1.42. The zero-order valence-corrected chi connectivity index (χ0v) is 72.9. The van der Waals surface area contributed by atoms with E-state index in [1.54, 1.807) is 41.5 Å². The van der Waals surface area contributed by atoms with Crippen molar-refractivity contribution in [3.8, 4) is 0 Å². The van der Waals surface area contributed by atoms with Crippen molar-refractivity contribution in [3.63, 3.8) is 0 Å². The molecule has 730 valence electrons. The molecule has 0 aliphatic heterocycles. The SMILES string of the molecule is CC1C2CC(CC(O)(C(F)(F)F)C(F)(F)F)C(C2)C1C.CCC(C)(C)C(=O)OC.CCC(C)(C)C(=O)OC(CC(O)(C(F)(F)F)C(F)(F)F)C1CC2CCC1C2.CCC(C)(C)C(=O)OC1CC(C(C)(O)C(F)(F)F)CC(C(C)(O)C(F)(F)F)C1.CCC(C)(C)C(=O)OC1CC2CC1CC2C(C)(O)C(F)(F)F.OC(CC1CC2CCC1C2)(C(F)(F)F)C(F)(F)F. The van der Waals surface area contributed by atoms with Gasteiger partial charge in [-0.05, 0) is 287 Å². The van der Waals surface area contributed by atoms with Crippen LogP contribution in [0.25, 0.3) is 0 Å². The van der Waals surface area contributed by atoms with E-state index in [1.807, 2.05) is 41.5 Å². The molecule has 0 aromatic rings. The van der Waals surface area contributed by atoms with Gasteiger partial charge in [0.05, 0.1) is 28.8 Å². The maximum atomic E-state index is 13.3. The summed E-state index contributed by atoms with van der Waals surface area (Å²) in [6.45, 7) is 26.4. The summed E-state index contributed by atoms with van der Waals surface area (Å²) >= 11 is 0. The number of esters is 4. The van der Waals surface area contributed by atoms with E-state index in [-0.39, 0.29) is 83.1 Å². The van der Waals surface area contributed by atoms with Gasteiger partial charge in [-0.25, -0.2) is 0 Å². The Morgan fingerprint density at radius 2 is 0.710 bits per heavy atom. The Hall–Kier alpha value is -4.25. The van der Waals surface area contributed by atoms with E-state index in [0.717, 1.165) is 26.2 Å². The summed E-state index contributed by atoms with van der Waals surface area (Å²) in [6, 6.07) is 0. The van der Waals surface area contributed by atoms with Gasteiger partial charge in [0.15, 0.2) is 16.8 Å². The fraction of sp³-hybridized carbons (Fsp3) is 0.952. The summed E-state index contributed by atoms with van der Waals surface area (Å²) in [6.07, 6.45) is -48.7. The largest absolute Gasteiger partial charge is 0.469 e. The van der Waals surface area contributed by atoms with Crippen molar-refractivity contribution in [2.24, 2.45) is 116 Å². The first-order valence-corrected chi connectivity index (χ1v) is 41.9. The topological polar surface area (TPSA) is 227 Å². The van der Waals surface area contributed by atoms with Gasteiger partial charge in [0.25, 0.3) is 16.8 Å². The van der Waals surface area contributed by atoms with Crippen LogP contribution in [0.2, 0.25) is 0 Å². The van der Waals surface area contributed by atoms with E-state index < -0.39 is 204 Å². The van der Waals surface area contributed by atoms with Gasteiger partial charge >= 0.3 is 79.5 Å². The molecule has 9 fully saturated rings. The minimum Gasteiger partial charge on any atom is -0.469 e. The lowest BCUT2D eigenvalue weighted by molar-refractivity contribution is -0.375. The average Bonchev–Trinajstić information content (AvgIpc) is 1.51. The number of carbonyl (C=O) groups is 4. The van der Waals surface area contributed by atoms with E-state index in [9.17, 15) is 163 Å². The molecule has 0 aromatic carbocycles. The Morgan fingerprint density at radius 3 is 1.02 bits per heavy atom. The van der Waals surface area contributed by atoms with Crippen LogP contribution in [-0.4, -0.2) is 169 Å². The van der Waals surface area contributed by atoms with E-state index in [4.69, 9.17) is 19.3 Å². The second kappa shape index (κ2) is 38.9. The van der Waals surface area contributed by atoms with Gasteiger partial charge in [-0.1, -0.05) is 54.4 Å². The first-order valence-electron chi connectivity index (χ1n) is 41.9. The van der Waals surface area contributed by atoms with Crippen LogP contribution in [0.1, 0.15) is 265 Å². The van der Waals surface area contributed by atoms with Crippen LogP contribution in [0.15, 0.2) is 0 Å². The lowest BCUT2D eigenvalue weighted by atomic mass is 9.67. The van der Waals surface area contributed by atoms with Crippen LogP contribution in [0, 0.1) is 116 Å². The molecule has 6 N–H and O–H groups in total. The third-order valence-corrected chi connectivity index (χ3v) is 29.8. The van der Waals surface area contributed by atoms with Gasteiger partial charge in [-0.15, -0.1) is 0 Å². The fourth-order valence-electron chi connectivity index (χ4n) is 19.0. The van der Waals surface area contributed by atoms with Crippen LogP contribution in [-0.2, 0) is 38.1 Å². The van der Waals surface area contributed by atoms with Gasteiger partial charge in [-0.2, -0.15) is 119 Å². The standard InChI is InChI=1S/C18H28F6O4.C18H26F6O3.C16H25F3O3.C13H18F6O.C11H14F6O.C7H14O2/c1-6-14(2,3)13(25)28-12-8-10(15(4,26)17(19,20)21)7-11(9-12)16(5,27)18(22,23)24;1-4-15(2,3)14(25)27-13(12-8-10-5-6-11(12)7-10)9-16(26,17(19,20)21)18(22,23)24;1-5-14(2,3)13(20)22-12-8-9-6-10(12)7-11(9)15(4,21)16(17,18)19;1-6-7(2)10-4-8(6)3-9(10)5-11(20,12(14,15)16)13(17,18)19;12-10(13,14)9(18,11(15,16)17)5-8-4-6-1-2-7(8)3-6;1-5-7(2,3)6(8)9-4/h10-12,26-27H,6-9H2,1-5H3;10-13,26H,4-9H2,1-3H3;9-12,21H,5-8H2,1-4H3;6-10,20H,3-5H2,1-2H3;6-8,18H,1-5H2;5H2,1-4H3. The van der Waals surface area contributed by atoms with Gasteiger partial charge in [0, 0.05) is 18.3 Å². The van der Waals surface area contributed by atoms with Crippen LogP contribution in [0.4, 0.5) is 119 Å². The minimum atomic E-state index is -5.92. The monoisotopic (exact) mass is 1860 g/mol. The van der Waals surface area contributed by atoms with E-state index in [0.29, 0.717) is 103 Å². The number of hydrogen-bond acceptors (Lipinski definition) is 14. The molecule has 14 nitrogen and oxygen atoms in total. The number of rotatable bonds is 21. The van der Waals surface area contributed by atoms with Gasteiger partial charge < -0.3 is 49.6 Å². The zero-order valence-electron chi connectivity index (χ0n) is 72.9. The lowest BCUT2D eigenvalue weighted by Crippen LogP contribution is -2.59. The van der Waals surface area contributed by atoms with Crippen molar-refractivity contribution in [1.82, 2.24) is 0 Å². The number of alkyl halides is 27. The Morgan fingerprint density at radius 1 is 0.339 bits per heavy atom. The van der Waals surface area contributed by atoms with Crippen molar-refractivity contribution in [2.75, 3.05) is 7.11 Å². The molecule has 41 heteroatoms. The highest BCUT2D eigenvalue weighted by Crippen LogP contribution is 2.63. The Balaban J connectivity index is 0.000000319.